The maximum absolute atomic E-state index is 13.1. The summed E-state index contributed by atoms with van der Waals surface area (Å²) in [7, 11) is 1.80. The first-order valence-corrected chi connectivity index (χ1v) is 9.80. The molecule has 0 aliphatic carbocycles. The third-order valence-corrected chi connectivity index (χ3v) is 5.93. The van der Waals surface area contributed by atoms with Gasteiger partial charge in [0.05, 0.1) is 5.69 Å². The van der Waals surface area contributed by atoms with E-state index in [1.165, 1.54) is 24.3 Å². The summed E-state index contributed by atoms with van der Waals surface area (Å²) in [5.74, 6) is -0.118. The molecule has 3 heterocycles. The number of hydrogen-bond donors (Lipinski definition) is 0. The minimum absolute atomic E-state index is 0.0242. The van der Waals surface area contributed by atoms with Crippen molar-refractivity contribution in [2.24, 2.45) is 13.0 Å². The SMILES string of the molecule is Cc1cc(C(=O)N2CCC[C@@H]3CN(C(=O)c4ccc(F)cc4)CC[C@@H]32)n(C)n1. The minimum atomic E-state index is -0.345. The summed E-state index contributed by atoms with van der Waals surface area (Å²) >= 11 is 0. The van der Waals surface area contributed by atoms with Crippen molar-refractivity contribution in [3.05, 3.63) is 53.1 Å². The fraction of sp³-hybridized carbons (Fsp3) is 0.476. The van der Waals surface area contributed by atoms with Crippen LogP contribution >= 0.6 is 0 Å². The van der Waals surface area contributed by atoms with Gasteiger partial charge in [0, 0.05) is 38.3 Å². The molecule has 0 N–H and O–H groups in total. The highest BCUT2D eigenvalue weighted by atomic mass is 19.1. The number of carbonyl (C=O) groups excluding carboxylic acids is 2. The van der Waals surface area contributed by atoms with Gasteiger partial charge in [0.25, 0.3) is 11.8 Å². The number of hydrogen-bond acceptors (Lipinski definition) is 3. The van der Waals surface area contributed by atoms with Crippen LogP contribution in [0.15, 0.2) is 30.3 Å². The quantitative estimate of drug-likeness (QED) is 0.800. The van der Waals surface area contributed by atoms with E-state index in [-0.39, 0.29) is 29.6 Å². The van der Waals surface area contributed by atoms with E-state index >= 15 is 0 Å². The molecule has 2 aliphatic rings. The topological polar surface area (TPSA) is 58.4 Å². The molecule has 2 atom stereocenters. The van der Waals surface area contributed by atoms with E-state index in [1.54, 1.807) is 11.7 Å². The Labute approximate surface area is 163 Å². The second kappa shape index (κ2) is 7.37. The Hall–Kier alpha value is -2.70. The molecule has 2 saturated heterocycles. The zero-order valence-electron chi connectivity index (χ0n) is 16.3. The van der Waals surface area contributed by atoms with E-state index in [9.17, 15) is 14.0 Å². The number of fused-ring (bicyclic) bond motifs is 1. The molecule has 2 fully saturated rings. The number of piperidine rings is 2. The van der Waals surface area contributed by atoms with E-state index in [0.717, 1.165) is 31.5 Å². The maximum Gasteiger partial charge on any atom is 0.272 e. The van der Waals surface area contributed by atoms with Gasteiger partial charge < -0.3 is 9.80 Å². The van der Waals surface area contributed by atoms with Crippen molar-refractivity contribution in [1.29, 1.82) is 0 Å². The summed E-state index contributed by atoms with van der Waals surface area (Å²) in [6.07, 6.45) is 2.70. The molecule has 0 saturated carbocycles. The summed E-state index contributed by atoms with van der Waals surface area (Å²) in [4.78, 5) is 29.7. The highest BCUT2D eigenvalue weighted by molar-refractivity contribution is 5.94. The number of carbonyl (C=O) groups is 2. The Morgan fingerprint density at radius 2 is 1.86 bits per heavy atom. The van der Waals surface area contributed by atoms with Crippen LogP contribution in [-0.2, 0) is 7.05 Å². The zero-order chi connectivity index (χ0) is 19.8. The molecule has 148 valence electrons. The third kappa shape index (κ3) is 3.41. The highest BCUT2D eigenvalue weighted by Gasteiger charge is 2.40. The maximum atomic E-state index is 13.1. The van der Waals surface area contributed by atoms with Gasteiger partial charge in [-0.05, 0) is 62.4 Å². The standard InChI is InChI=1S/C21H25FN4O2/c1-14-12-19(24(2)23-14)21(28)26-10-3-4-16-13-25(11-9-18(16)26)20(27)15-5-7-17(22)8-6-15/h5-8,12,16,18H,3-4,9-11,13H2,1-2H3/t16-,18+/m1/s1. The van der Waals surface area contributed by atoms with Crippen molar-refractivity contribution in [3.63, 3.8) is 0 Å². The van der Waals surface area contributed by atoms with Crippen LogP contribution in [0.4, 0.5) is 4.39 Å². The molecule has 28 heavy (non-hydrogen) atoms. The van der Waals surface area contributed by atoms with E-state index < -0.39 is 0 Å². The zero-order valence-corrected chi connectivity index (χ0v) is 16.3. The average Bonchev–Trinajstić information content (AvgIpc) is 3.04. The summed E-state index contributed by atoms with van der Waals surface area (Å²) in [6, 6.07) is 7.68. The molecule has 0 spiro atoms. The van der Waals surface area contributed by atoms with Crippen LogP contribution in [-0.4, -0.2) is 57.1 Å². The molecule has 0 bridgehead atoms. The molecule has 2 amide bonds. The van der Waals surface area contributed by atoms with E-state index in [0.29, 0.717) is 24.3 Å². The van der Waals surface area contributed by atoms with E-state index in [1.807, 2.05) is 22.8 Å². The van der Waals surface area contributed by atoms with Crippen molar-refractivity contribution in [1.82, 2.24) is 19.6 Å². The Morgan fingerprint density at radius 3 is 2.54 bits per heavy atom. The largest absolute Gasteiger partial charge is 0.338 e. The number of benzene rings is 1. The van der Waals surface area contributed by atoms with Gasteiger partial charge in [-0.2, -0.15) is 5.10 Å². The van der Waals surface area contributed by atoms with Gasteiger partial charge in [0.15, 0.2) is 0 Å². The Kier molecular flexibility index (Phi) is 4.91. The molecule has 6 nitrogen and oxygen atoms in total. The lowest BCUT2D eigenvalue weighted by molar-refractivity contribution is 0.0191. The molecule has 2 aliphatic heterocycles. The lowest BCUT2D eigenvalue weighted by atomic mass is 9.83. The molecular weight excluding hydrogens is 359 g/mol. The van der Waals surface area contributed by atoms with Gasteiger partial charge in [-0.25, -0.2) is 4.39 Å². The number of aryl methyl sites for hydroxylation is 2. The molecule has 1 aromatic heterocycles. The van der Waals surface area contributed by atoms with E-state index in [4.69, 9.17) is 0 Å². The number of halogens is 1. The smallest absolute Gasteiger partial charge is 0.272 e. The van der Waals surface area contributed by atoms with Gasteiger partial charge in [0.2, 0.25) is 0 Å². The lowest BCUT2D eigenvalue weighted by Crippen LogP contribution is -2.56. The van der Waals surface area contributed by atoms with Crippen molar-refractivity contribution >= 4 is 11.8 Å². The van der Waals surface area contributed by atoms with Gasteiger partial charge in [-0.15, -0.1) is 0 Å². The van der Waals surface area contributed by atoms with Crippen LogP contribution in [0.1, 0.15) is 45.8 Å². The molecule has 0 unspecified atom stereocenters. The van der Waals surface area contributed by atoms with Gasteiger partial charge in [0.1, 0.15) is 11.5 Å². The summed E-state index contributed by atoms with van der Waals surface area (Å²) in [5.41, 5.74) is 1.95. The fourth-order valence-corrected chi connectivity index (χ4v) is 4.57. The number of amides is 2. The van der Waals surface area contributed by atoms with E-state index in [2.05, 4.69) is 5.10 Å². The first-order chi connectivity index (χ1) is 13.4. The van der Waals surface area contributed by atoms with Crippen LogP contribution in [0, 0.1) is 18.7 Å². The van der Waals surface area contributed by atoms with Crippen molar-refractivity contribution in [3.8, 4) is 0 Å². The molecule has 0 radical (unpaired) electrons. The lowest BCUT2D eigenvalue weighted by Gasteiger charge is -2.47. The molecular formula is C21H25FN4O2. The van der Waals surface area contributed by atoms with Crippen LogP contribution < -0.4 is 0 Å². The van der Waals surface area contributed by atoms with Crippen molar-refractivity contribution in [2.75, 3.05) is 19.6 Å². The predicted molar refractivity (Wildman–Crippen MR) is 102 cm³/mol. The number of rotatable bonds is 2. The second-order valence-electron chi connectivity index (χ2n) is 7.81. The summed E-state index contributed by atoms with van der Waals surface area (Å²) in [5, 5.41) is 4.30. The molecule has 4 rings (SSSR count). The summed E-state index contributed by atoms with van der Waals surface area (Å²) < 4.78 is 14.8. The first kappa shape index (κ1) is 18.7. The molecule has 2 aromatic rings. The minimum Gasteiger partial charge on any atom is -0.338 e. The average molecular weight is 384 g/mol. The number of nitrogens with zero attached hydrogens (tertiary/aromatic N) is 4. The highest BCUT2D eigenvalue weighted by Crippen LogP contribution is 2.32. The summed E-state index contributed by atoms with van der Waals surface area (Å²) in [6.45, 7) is 3.87. The first-order valence-electron chi connectivity index (χ1n) is 9.80. The normalized spacial score (nSPS) is 22.1. The third-order valence-electron chi connectivity index (χ3n) is 5.93. The second-order valence-corrected chi connectivity index (χ2v) is 7.81. The number of likely N-dealkylation sites (tertiary alicyclic amines) is 2. The van der Waals surface area contributed by atoms with Crippen LogP contribution in [0.3, 0.4) is 0 Å². The van der Waals surface area contributed by atoms with Gasteiger partial charge >= 0.3 is 0 Å². The Balaban J connectivity index is 1.48. The van der Waals surface area contributed by atoms with Crippen molar-refractivity contribution in [2.45, 2.75) is 32.2 Å². The monoisotopic (exact) mass is 384 g/mol. The van der Waals surface area contributed by atoms with Gasteiger partial charge in [-0.3, -0.25) is 14.3 Å². The van der Waals surface area contributed by atoms with Crippen molar-refractivity contribution < 1.29 is 14.0 Å². The number of aromatic nitrogens is 2. The van der Waals surface area contributed by atoms with Gasteiger partial charge in [-0.1, -0.05) is 0 Å². The van der Waals surface area contributed by atoms with Crippen LogP contribution in [0.25, 0.3) is 0 Å². The Morgan fingerprint density at radius 1 is 1.11 bits per heavy atom. The predicted octanol–water partition coefficient (Wildman–Crippen LogP) is 2.63. The fourth-order valence-electron chi connectivity index (χ4n) is 4.57. The van der Waals surface area contributed by atoms with Crippen LogP contribution in [0.5, 0.6) is 0 Å². The Bertz CT molecular complexity index is 892. The van der Waals surface area contributed by atoms with Crippen LogP contribution in [0.2, 0.25) is 0 Å². The molecule has 7 heteroatoms. The molecule has 1 aromatic carbocycles.